The van der Waals surface area contributed by atoms with Gasteiger partial charge in [0.1, 0.15) is 15.6 Å². The number of nitrogens with zero attached hydrogens (tertiary/aromatic N) is 2. The molecule has 0 aromatic carbocycles. The van der Waals surface area contributed by atoms with E-state index in [1.807, 2.05) is 19.1 Å². The number of anilines is 1. The van der Waals surface area contributed by atoms with Gasteiger partial charge in [0.15, 0.2) is 0 Å². The van der Waals surface area contributed by atoms with Gasteiger partial charge in [-0.1, -0.05) is 11.8 Å². The Labute approximate surface area is 125 Å². The summed E-state index contributed by atoms with van der Waals surface area (Å²) in [6.07, 6.45) is 1.70. The first kappa shape index (κ1) is 13.5. The number of thiophene rings is 1. The van der Waals surface area contributed by atoms with E-state index in [-0.39, 0.29) is 0 Å². The van der Waals surface area contributed by atoms with Crippen LogP contribution in [0.2, 0.25) is 0 Å². The topological polar surface area (TPSA) is 51.0 Å². The molecule has 0 fully saturated rings. The van der Waals surface area contributed by atoms with E-state index in [1.54, 1.807) is 29.4 Å². The average molecular weight is 305 g/mol. The summed E-state index contributed by atoms with van der Waals surface area (Å²) in [6.45, 7) is 4.96. The molecule has 104 valence electrons. The van der Waals surface area contributed by atoms with E-state index in [4.69, 9.17) is 4.42 Å². The maximum Gasteiger partial charge on any atom is 0.225 e. The maximum atomic E-state index is 5.37. The summed E-state index contributed by atoms with van der Waals surface area (Å²) in [6, 6.07) is 6.04. The molecule has 0 atom stereocenters. The number of nitrogens with one attached hydrogen (secondary N) is 1. The molecule has 6 heteroatoms. The van der Waals surface area contributed by atoms with Crippen LogP contribution in [-0.2, 0) is 5.75 Å². The third-order valence-corrected chi connectivity index (χ3v) is 4.70. The molecule has 0 saturated heterocycles. The molecule has 0 saturated carbocycles. The smallest absolute Gasteiger partial charge is 0.225 e. The predicted octanol–water partition coefficient (Wildman–Crippen LogP) is 4.32. The SMILES string of the molecule is CCNc1nc(SCc2ccco2)c2cc(C)sc2n1. The van der Waals surface area contributed by atoms with Crippen molar-refractivity contribution in [3.63, 3.8) is 0 Å². The highest BCUT2D eigenvalue weighted by Gasteiger charge is 2.11. The van der Waals surface area contributed by atoms with Crippen LogP contribution in [0.5, 0.6) is 0 Å². The Hall–Kier alpha value is -1.53. The number of aromatic nitrogens is 2. The van der Waals surface area contributed by atoms with Crippen molar-refractivity contribution in [1.82, 2.24) is 9.97 Å². The number of rotatable bonds is 5. The Kier molecular flexibility index (Phi) is 3.93. The lowest BCUT2D eigenvalue weighted by Crippen LogP contribution is -2.02. The molecule has 4 nitrogen and oxygen atoms in total. The van der Waals surface area contributed by atoms with Crippen LogP contribution in [0.25, 0.3) is 10.2 Å². The molecule has 1 N–H and O–H groups in total. The van der Waals surface area contributed by atoms with Gasteiger partial charge in [0.25, 0.3) is 0 Å². The number of thioether (sulfide) groups is 1. The second kappa shape index (κ2) is 5.85. The molecule has 0 aliphatic rings. The number of fused-ring (bicyclic) bond motifs is 1. The fourth-order valence-electron chi connectivity index (χ4n) is 1.90. The van der Waals surface area contributed by atoms with Crippen molar-refractivity contribution in [1.29, 1.82) is 0 Å². The van der Waals surface area contributed by atoms with Gasteiger partial charge in [-0.3, -0.25) is 0 Å². The zero-order valence-electron chi connectivity index (χ0n) is 11.3. The van der Waals surface area contributed by atoms with Crippen molar-refractivity contribution in [2.45, 2.75) is 24.6 Å². The Morgan fingerprint density at radius 1 is 1.40 bits per heavy atom. The zero-order valence-corrected chi connectivity index (χ0v) is 13.0. The van der Waals surface area contributed by atoms with Crippen molar-refractivity contribution in [2.75, 3.05) is 11.9 Å². The van der Waals surface area contributed by atoms with E-state index in [0.717, 1.165) is 33.3 Å². The molecule has 0 unspecified atom stereocenters. The fraction of sp³-hybridized carbons (Fsp3) is 0.286. The van der Waals surface area contributed by atoms with Gasteiger partial charge >= 0.3 is 0 Å². The number of aryl methyl sites for hydroxylation is 1. The lowest BCUT2D eigenvalue weighted by atomic mass is 10.4. The number of hydrogen-bond acceptors (Lipinski definition) is 6. The van der Waals surface area contributed by atoms with E-state index < -0.39 is 0 Å². The third-order valence-electron chi connectivity index (χ3n) is 2.75. The summed E-state index contributed by atoms with van der Waals surface area (Å²) in [5.74, 6) is 2.43. The van der Waals surface area contributed by atoms with Crippen molar-refractivity contribution in [3.05, 3.63) is 35.1 Å². The summed E-state index contributed by atoms with van der Waals surface area (Å²) in [5.41, 5.74) is 0. The van der Waals surface area contributed by atoms with Crippen molar-refractivity contribution in [3.8, 4) is 0 Å². The third kappa shape index (κ3) is 2.81. The van der Waals surface area contributed by atoms with Crippen LogP contribution in [0.3, 0.4) is 0 Å². The Morgan fingerprint density at radius 3 is 3.05 bits per heavy atom. The van der Waals surface area contributed by atoms with Crippen molar-refractivity contribution in [2.24, 2.45) is 0 Å². The lowest BCUT2D eigenvalue weighted by Gasteiger charge is -2.05. The highest BCUT2D eigenvalue weighted by molar-refractivity contribution is 7.98. The highest BCUT2D eigenvalue weighted by Crippen LogP contribution is 2.33. The molecule has 0 bridgehead atoms. The molecule has 3 rings (SSSR count). The highest BCUT2D eigenvalue weighted by atomic mass is 32.2. The lowest BCUT2D eigenvalue weighted by molar-refractivity contribution is 0.530. The standard InChI is InChI=1S/C14H15N3OS2/c1-3-15-14-16-12(19-8-10-5-4-6-18-10)11-7-9(2)20-13(11)17-14/h4-7H,3,8H2,1-2H3,(H,15,16,17). The van der Waals surface area contributed by atoms with Crippen LogP contribution >= 0.6 is 23.1 Å². The minimum Gasteiger partial charge on any atom is -0.468 e. The van der Waals surface area contributed by atoms with Crippen LogP contribution in [0, 0.1) is 6.92 Å². The quantitative estimate of drug-likeness (QED) is 0.562. The van der Waals surface area contributed by atoms with Crippen molar-refractivity contribution < 1.29 is 4.42 Å². The molecule has 3 heterocycles. The molecule has 0 radical (unpaired) electrons. The zero-order chi connectivity index (χ0) is 13.9. The largest absolute Gasteiger partial charge is 0.468 e. The molecule has 3 aromatic rings. The predicted molar refractivity (Wildman–Crippen MR) is 84.6 cm³/mol. The van der Waals surface area contributed by atoms with Gasteiger partial charge in [-0.05, 0) is 32.0 Å². The summed E-state index contributed by atoms with van der Waals surface area (Å²) in [4.78, 5) is 11.5. The van der Waals surface area contributed by atoms with E-state index in [1.165, 1.54) is 4.88 Å². The molecule has 0 aliphatic heterocycles. The maximum absolute atomic E-state index is 5.37. The molecule has 0 aliphatic carbocycles. The molecule has 20 heavy (non-hydrogen) atoms. The van der Waals surface area contributed by atoms with E-state index in [0.29, 0.717) is 5.95 Å². The van der Waals surface area contributed by atoms with Gasteiger partial charge in [0, 0.05) is 16.8 Å². The first-order chi connectivity index (χ1) is 9.76. The van der Waals surface area contributed by atoms with E-state index in [2.05, 4.69) is 28.3 Å². The average Bonchev–Trinajstić information content (AvgIpc) is 3.04. The summed E-state index contributed by atoms with van der Waals surface area (Å²) < 4.78 is 5.37. The number of hydrogen-bond donors (Lipinski definition) is 1. The van der Waals surface area contributed by atoms with E-state index >= 15 is 0 Å². The van der Waals surface area contributed by atoms with Crippen LogP contribution < -0.4 is 5.32 Å². The monoisotopic (exact) mass is 305 g/mol. The first-order valence-corrected chi connectivity index (χ1v) is 8.23. The minimum atomic E-state index is 0.698. The van der Waals surface area contributed by atoms with Gasteiger partial charge in [-0.15, -0.1) is 11.3 Å². The molecule has 0 amide bonds. The summed E-state index contributed by atoms with van der Waals surface area (Å²) >= 11 is 3.38. The molecule has 0 spiro atoms. The van der Waals surface area contributed by atoms with Crippen LogP contribution in [-0.4, -0.2) is 16.5 Å². The summed E-state index contributed by atoms with van der Waals surface area (Å²) in [7, 11) is 0. The molecule has 3 aromatic heterocycles. The fourth-order valence-corrected chi connectivity index (χ4v) is 3.75. The van der Waals surface area contributed by atoms with Gasteiger partial charge in [0.05, 0.1) is 12.0 Å². The van der Waals surface area contributed by atoms with Crippen LogP contribution in [0.1, 0.15) is 17.6 Å². The van der Waals surface area contributed by atoms with Crippen molar-refractivity contribution >= 4 is 39.3 Å². The van der Waals surface area contributed by atoms with Gasteiger partial charge in [0.2, 0.25) is 5.95 Å². The number of furan rings is 1. The van der Waals surface area contributed by atoms with Gasteiger partial charge in [-0.2, -0.15) is 0 Å². The Morgan fingerprint density at radius 2 is 2.30 bits per heavy atom. The minimum absolute atomic E-state index is 0.698. The van der Waals surface area contributed by atoms with Gasteiger partial charge in [-0.25, -0.2) is 9.97 Å². The second-order valence-corrected chi connectivity index (χ2v) is 6.53. The Balaban J connectivity index is 1.93. The van der Waals surface area contributed by atoms with Crippen LogP contribution in [0.15, 0.2) is 33.9 Å². The van der Waals surface area contributed by atoms with Crippen LogP contribution in [0.4, 0.5) is 5.95 Å². The second-order valence-electron chi connectivity index (χ2n) is 4.33. The normalized spacial score (nSPS) is 11.1. The first-order valence-electron chi connectivity index (χ1n) is 6.43. The molecular weight excluding hydrogens is 290 g/mol. The Bertz CT molecular complexity index is 707. The van der Waals surface area contributed by atoms with Gasteiger partial charge < -0.3 is 9.73 Å². The summed E-state index contributed by atoms with van der Waals surface area (Å²) in [5, 5.41) is 5.33. The van der Waals surface area contributed by atoms with E-state index in [9.17, 15) is 0 Å². The molecular formula is C14H15N3OS2.